The zero-order valence-electron chi connectivity index (χ0n) is 15.9. The van der Waals surface area contributed by atoms with E-state index in [1.165, 1.54) is 18.2 Å². The second kappa shape index (κ2) is 9.07. The molecular weight excluding hydrogens is 429 g/mol. The molecule has 6 nitrogen and oxygen atoms in total. The monoisotopic (exact) mass is 443 g/mol. The van der Waals surface area contributed by atoms with Crippen molar-refractivity contribution < 1.29 is 23.9 Å². The van der Waals surface area contributed by atoms with Crippen LogP contribution in [0.5, 0.6) is 0 Å². The Bertz CT molecular complexity index is 1160. The van der Waals surface area contributed by atoms with Gasteiger partial charge in [0.25, 0.3) is 0 Å². The molecular formula is C22H15Cl2NO5. The summed E-state index contributed by atoms with van der Waals surface area (Å²) in [5, 5.41) is 0.519. The lowest BCUT2D eigenvalue weighted by molar-refractivity contribution is 0.0553. The zero-order chi connectivity index (χ0) is 21.8. The number of nitrogens with zero attached hydrogens (tertiary/aromatic N) is 1. The third-order valence-electron chi connectivity index (χ3n) is 4.30. The van der Waals surface area contributed by atoms with Gasteiger partial charge >= 0.3 is 11.9 Å². The van der Waals surface area contributed by atoms with Crippen molar-refractivity contribution in [2.75, 3.05) is 14.2 Å². The molecule has 0 N–H and O–H groups in total. The number of ketones is 1. The number of pyridine rings is 1. The van der Waals surface area contributed by atoms with Crippen LogP contribution >= 0.6 is 23.2 Å². The summed E-state index contributed by atoms with van der Waals surface area (Å²) in [6.07, 6.45) is 0. The molecule has 0 spiro atoms. The highest BCUT2D eigenvalue weighted by molar-refractivity contribution is 6.35. The lowest BCUT2D eigenvalue weighted by atomic mass is 9.97. The molecule has 0 amide bonds. The van der Waals surface area contributed by atoms with Gasteiger partial charge in [-0.15, -0.1) is 0 Å². The lowest BCUT2D eigenvalue weighted by Crippen LogP contribution is -2.20. The fourth-order valence-corrected chi connectivity index (χ4v) is 3.32. The number of hydrogen-bond donors (Lipinski definition) is 0. The number of hydrogen-bond acceptors (Lipinski definition) is 6. The number of ether oxygens (including phenoxy) is 2. The van der Waals surface area contributed by atoms with Crippen LogP contribution in [0.1, 0.15) is 36.8 Å². The Morgan fingerprint density at radius 3 is 2.00 bits per heavy atom. The molecule has 0 aliphatic rings. The first-order valence-electron chi connectivity index (χ1n) is 8.64. The van der Waals surface area contributed by atoms with E-state index in [9.17, 15) is 14.4 Å². The maximum Gasteiger partial charge on any atom is 0.341 e. The molecule has 0 bridgehead atoms. The third-order valence-corrected chi connectivity index (χ3v) is 4.96. The molecule has 3 rings (SSSR count). The smallest absolute Gasteiger partial charge is 0.341 e. The minimum atomic E-state index is -0.913. The van der Waals surface area contributed by atoms with E-state index in [0.717, 1.165) is 14.2 Å². The molecule has 0 saturated carbocycles. The highest BCUT2D eigenvalue weighted by atomic mass is 35.5. The average molecular weight is 444 g/mol. The minimum Gasteiger partial charge on any atom is -0.465 e. The number of carbonyl (C=O) groups excluding carboxylic acids is 3. The van der Waals surface area contributed by atoms with Crippen molar-refractivity contribution >= 4 is 40.9 Å². The first-order valence-corrected chi connectivity index (χ1v) is 9.40. The summed E-state index contributed by atoms with van der Waals surface area (Å²) in [6.45, 7) is 0. The van der Waals surface area contributed by atoms with Crippen molar-refractivity contribution in [1.29, 1.82) is 0 Å². The van der Waals surface area contributed by atoms with E-state index in [2.05, 4.69) is 4.98 Å². The molecule has 30 heavy (non-hydrogen) atoms. The lowest BCUT2D eigenvalue weighted by Gasteiger charge is -2.14. The van der Waals surface area contributed by atoms with Gasteiger partial charge in [-0.2, -0.15) is 0 Å². The third kappa shape index (κ3) is 4.06. The van der Waals surface area contributed by atoms with Gasteiger partial charge < -0.3 is 9.47 Å². The van der Waals surface area contributed by atoms with Gasteiger partial charge in [0, 0.05) is 16.1 Å². The van der Waals surface area contributed by atoms with Crippen LogP contribution in [0.4, 0.5) is 0 Å². The van der Waals surface area contributed by atoms with Crippen molar-refractivity contribution in [1.82, 2.24) is 4.98 Å². The molecule has 0 unspecified atom stereocenters. The van der Waals surface area contributed by atoms with E-state index in [0.29, 0.717) is 10.6 Å². The standard InChI is InChI=1S/C22H15Cl2NO5/c1-29-21(27)14-11-17(12-7-3-5-9-15(12)23)25-19(18(14)22(28)30-2)20(26)13-8-4-6-10-16(13)24/h3-11H,1-2H3. The maximum atomic E-state index is 13.3. The van der Waals surface area contributed by atoms with Gasteiger partial charge in [-0.05, 0) is 24.3 Å². The normalized spacial score (nSPS) is 10.4. The van der Waals surface area contributed by atoms with E-state index in [1.54, 1.807) is 36.4 Å². The molecule has 0 saturated heterocycles. The maximum absolute atomic E-state index is 13.3. The van der Waals surface area contributed by atoms with Gasteiger partial charge in [-0.3, -0.25) is 4.79 Å². The highest BCUT2D eigenvalue weighted by Gasteiger charge is 2.30. The summed E-state index contributed by atoms with van der Waals surface area (Å²) >= 11 is 12.4. The molecule has 0 aliphatic carbocycles. The minimum absolute atomic E-state index is 0.115. The van der Waals surface area contributed by atoms with Crippen LogP contribution in [0.15, 0.2) is 54.6 Å². The van der Waals surface area contributed by atoms with Gasteiger partial charge in [0.1, 0.15) is 11.3 Å². The van der Waals surface area contributed by atoms with Crippen LogP contribution in [0.25, 0.3) is 11.3 Å². The summed E-state index contributed by atoms with van der Waals surface area (Å²) in [7, 11) is 2.30. The summed E-state index contributed by atoms with van der Waals surface area (Å²) in [5.41, 5.74) is 0.00413. The van der Waals surface area contributed by atoms with E-state index in [4.69, 9.17) is 32.7 Å². The zero-order valence-corrected chi connectivity index (χ0v) is 17.5. The van der Waals surface area contributed by atoms with Gasteiger partial charge in [0.2, 0.25) is 5.78 Å². The van der Waals surface area contributed by atoms with Crippen molar-refractivity contribution in [3.63, 3.8) is 0 Å². The molecule has 2 aromatic carbocycles. The molecule has 0 atom stereocenters. The second-order valence-corrected chi connectivity index (χ2v) is 6.87. The van der Waals surface area contributed by atoms with E-state index in [1.807, 2.05) is 0 Å². The Kier molecular flexibility index (Phi) is 6.50. The number of halogens is 2. The summed E-state index contributed by atoms with van der Waals surface area (Å²) in [6, 6.07) is 14.4. The van der Waals surface area contributed by atoms with Crippen LogP contribution < -0.4 is 0 Å². The average Bonchev–Trinajstić information content (AvgIpc) is 2.77. The van der Waals surface area contributed by atoms with Gasteiger partial charge in [-0.1, -0.05) is 53.5 Å². The number of esters is 2. The van der Waals surface area contributed by atoms with Gasteiger partial charge in [0.15, 0.2) is 0 Å². The summed E-state index contributed by atoms with van der Waals surface area (Å²) in [5.74, 6) is -2.40. The topological polar surface area (TPSA) is 82.6 Å². The molecule has 1 heterocycles. The Morgan fingerprint density at radius 1 is 0.800 bits per heavy atom. The van der Waals surface area contributed by atoms with E-state index in [-0.39, 0.29) is 33.1 Å². The SMILES string of the molecule is COC(=O)c1cc(-c2ccccc2Cl)nc(C(=O)c2ccccc2Cl)c1C(=O)OC. The molecule has 0 fully saturated rings. The molecule has 152 valence electrons. The van der Waals surface area contributed by atoms with Crippen molar-refractivity contribution in [2.45, 2.75) is 0 Å². The van der Waals surface area contributed by atoms with Crippen LogP contribution in [0.3, 0.4) is 0 Å². The molecule has 0 aliphatic heterocycles. The molecule has 0 radical (unpaired) electrons. The number of rotatable bonds is 5. The largest absolute Gasteiger partial charge is 0.465 e. The number of carbonyl (C=O) groups is 3. The van der Waals surface area contributed by atoms with Crippen molar-refractivity contribution in [2.24, 2.45) is 0 Å². The predicted octanol–water partition coefficient (Wildman–Crippen LogP) is 4.86. The van der Waals surface area contributed by atoms with E-state index >= 15 is 0 Å². The summed E-state index contributed by atoms with van der Waals surface area (Å²) in [4.78, 5) is 42.7. The number of methoxy groups -OCH3 is 2. The van der Waals surface area contributed by atoms with Crippen molar-refractivity contribution in [3.05, 3.63) is 87.0 Å². The number of benzene rings is 2. The molecule has 3 aromatic rings. The van der Waals surface area contributed by atoms with Gasteiger partial charge in [-0.25, -0.2) is 14.6 Å². The fraction of sp³-hybridized carbons (Fsp3) is 0.0909. The first kappa shape index (κ1) is 21.5. The Balaban J connectivity index is 2.37. The number of aromatic nitrogens is 1. The molecule has 1 aromatic heterocycles. The van der Waals surface area contributed by atoms with Crippen LogP contribution in [0.2, 0.25) is 10.0 Å². The first-order chi connectivity index (χ1) is 14.4. The van der Waals surface area contributed by atoms with Gasteiger partial charge in [0.05, 0.1) is 30.5 Å². The van der Waals surface area contributed by atoms with Crippen molar-refractivity contribution in [3.8, 4) is 11.3 Å². The Hall–Kier alpha value is -3.22. The Morgan fingerprint density at radius 2 is 1.40 bits per heavy atom. The molecule has 8 heteroatoms. The summed E-state index contributed by atoms with van der Waals surface area (Å²) < 4.78 is 9.61. The second-order valence-electron chi connectivity index (χ2n) is 6.05. The predicted molar refractivity (Wildman–Crippen MR) is 112 cm³/mol. The highest BCUT2D eigenvalue weighted by Crippen LogP contribution is 2.31. The fourth-order valence-electron chi connectivity index (χ4n) is 2.87. The quantitative estimate of drug-likeness (QED) is 0.413. The van der Waals surface area contributed by atoms with Crippen LogP contribution in [-0.2, 0) is 9.47 Å². The Labute approximate surface area is 182 Å². The van der Waals surface area contributed by atoms with E-state index < -0.39 is 17.7 Å². The van der Waals surface area contributed by atoms with Crippen LogP contribution in [-0.4, -0.2) is 36.9 Å². The van der Waals surface area contributed by atoms with Crippen LogP contribution in [0, 0.1) is 0 Å².